The molecule has 0 bridgehead atoms. The summed E-state index contributed by atoms with van der Waals surface area (Å²) in [4.78, 5) is 26.8. The second kappa shape index (κ2) is 7.05. The number of pyridine rings is 1. The van der Waals surface area contributed by atoms with Crippen LogP contribution in [0.25, 0.3) is 22.6 Å². The lowest BCUT2D eigenvalue weighted by Crippen LogP contribution is -2.19. The van der Waals surface area contributed by atoms with Crippen LogP contribution in [-0.4, -0.2) is 43.6 Å². The zero-order valence-corrected chi connectivity index (χ0v) is 15.5. The Kier molecular flexibility index (Phi) is 4.23. The Hall–Kier alpha value is -3.68. The van der Waals surface area contributed by atoms with Crippen molar-refractivity contribution in [3.8, 4) is 11.5 Å². The van der Waals surface area contributed by atoms with Crippen LogP contribution < -0.4 is 4.90 Å². The Bertz CT molecular complexity index is 1200. The molecule has 0 amide bonds. The molecule has 5 rings (SSSR count). The SMILES string of the molecule is O=C1CCN(c2cnc(-c3nn(Cc4ccccc4F)c4ncccc34)nc2)C1. The number of anilines is 1. The van der Waals surface area contributed by atoms with Gasteiger partial charge in [0.05, 0.1) is 36.6 Å². The van der Waals surface area contributed by atoms with Crippen LogP contribution in [-0.2, 0) is 11.3 Å². The average Bonchev–Trinajstić information content (AvgIpc) is 3.34. The van der Waals surface area contributed by atoms with E-state index in [-0.39, 0.29) is 18.1 Å². The molecular formula is C21H17FN6O. The Morgan fingerprint density at radius 3 is 2.62 bits per heavy atom. The molecule has 0 saturated carbocycles. The van der Waals surface area contributed by atoms with Gasteiger partial charge < -0.3 is 4.90 Å². The molecule has 1 aromatic carbocycles. The summed E-state index contributed by atoms with van der Waals surface area (Å²) in [6, 6.07) is 10.3. The van der Waals surface area contributed by atoms with Crippen molar-refractivity contribution in [1.82, 2.24) is 24.7 Å². The van der Waals surface area contributed by atoms with E-state index in [4.69, 9.17) is 0 Å². The van der Waals surface area contributed by atoms with Gasteiger partial charge in [-0.3, -0.25) is 4.79 Å². The minimum Gasteiger partial charge on any atom is -0.361 e. The topological polar surface area (TPSA) is 76.8 Å². The van der Waals surface area contributed by atoms with Crippen molar-refractivity contribution in [1.29, 1.82) is 0 Å². The number of nitrogens with zero attached hydrogens (tertiary/aromatic N) is 6. The van der Waals surface area contributed by atoms with E-state index in [1.165, 1.54) is 6.07 Å². The number of halogens is 1. The van der Waals surface area contributed by atoms with Gasteiger partial charge in [-0.05, 0) is 18.2 Å². The molecule has 4 aromatic rings. The fourth-order valence-electron chi connectivity index (χ4n) is 3.53. The summed E-state index contributed by atoms with van der Waals surface area (Å²) in [7, 11) is 0. The van der Waals surface area contributed by atoms with Crippen molar-refractivity contribution in [3.05, 3.63) is 66.4 Å². The van der Waals surface area contributed by atoms with Crippen LogP contribution in [0.1, 0.15) is 12.0 Å². The number of Topliss-reactive ketones (excluding diaryl/α,β-unsaturated/α-hetero) is 1. The predicted octanol–water partition coefficient (Wildman–Crippen LogP) is 2.85. The predicted molar refractivity (Wildman–Crippen MR) is 106 cm³/mol. The molecule has 4 heterocycles. The maximum Gasteiger partial charge on any atom is 0.180 e. The standard InChI is InChI=1S/C21H17FN6O/c22-18-6-2-1-4-14(18)12-28-21-17(5-3-8-23-21)19(26-28)20-24-10-15(11-25-20)27-9-7-16(29)13-27/h1-6,8,10-11H,7,9,12-13H2. The fourth-order valence-corrected chi connectivity index (χ4v) is 3.53. The molecule has 0 spiro atoms. The highest BCUT2D eigenvalue weighted by molar-refractivity contribution is 5.89. The van der Waals surface area contributed by atoms with Crippen LogP contribution in [0.2, 0.25) is 0 Å². The molecule has 0 unspecified atom stereocenters. The summed E-state index contributed by atoms with van der Waals surface area (Å²) < 4.78 is 15.8. The fraction of sp³-hybridized carbons (Fsp3) is 0.190. The maximum absolute atomic E-state index is 14.1. The van der Waals surface area contributed by atoms with Crippen LogP contribution in [0.4, 0.5) is 10.1 Å². The quantitative estimate of drug-likeness (QED) is 0.535. The van der Waals surface area contributed by atoms with E-state index in [9.17, 15) is 9.18 Å². The summed E-state index contributed by atoms with van der Waals surface area (Å²) in [5.41, 5.74) is 2.58. The third-order valence-electron chi connectivity index (χ3n) is 5.03. The first-order valence-corrected chi connectivity index (χ1v) is 9.33. The van der Waals surface area contributed by atoms with E-state index in [1.54, 1.807) is 41.5 Å². The molecule has 0 N–H and O–H groups in total. The number of ketones is 1. The molecule has 0 atom stereocenters. The first-order chi connectivity index (χ1) is 14.2. The molecular weight excluding hydrogens is 371 g/mol. The van der Waals surface area contributed by atoms with Gasteiger partial charge in [-0.15, -0.1) is 0 Å². The average molecular weight is 388 g/mol. The number of hydrogen-bond acceptors (Lipinski definition) is 6. The smallest absolute Gasteiger partial charge is 0.180 e. The minimum atomic E-state index is -0.283. The maximum atomic E-state index is 14.1. The number of fused-ring (bicyclic) bond motifs is 1. The highest BCUT2D eigenvalue weighted by atomic mass is 19.1. The van der Waals surface area contributed by atoms with E-state index < -0.39 is 0 Å². The molecule has 144 valence electrons. The largest absolute Gasteiger partial charge is 0.361 e. The lowest BCUT2D eigenvalue weighted by atomic mass is 10.2. The number of carbonyl (C=O) groups excluding carboxylic acids is 1. The Labute approximate surface area is 165 Å². The van der Waals surface area contributed by atoms with Crippen LogP contribution >= 0.6 is 0 Å². The van der Waals surface area contributed by atoms with Gasteiger partial charge in [0.2, 0.25) is 0 Å². The lowest BCUT2D eigenvalue weighted by molar-refractivity contribution is -0.116. The van der Waals surface area contributed by atoms with Crippen molar-refractivity contribution < 1.29 is 9.18 Å². The van der Waals surface area contributed by atoms with Crippen LogP contribution in [0.5, 0.6) is 0 Å². The highest BCUT2D eigenvalue weighted by Crippen LogP contribution is 2.26. The third kappa shape index (κ3) is 3.22. The van der Waals surface area contributed by atoms with Gasteiger partial charge in [0.15, 0.2) is 17.3 Å². The van der Waals surface area contributed by atoms with Gasteiger partial charge in [0.25, 0.3) is 0 Å². The van der Waals surface area contributed by atoms with E-state index in [0.717, 1.165) is 11.1 Å². The summed E-state index contributed by atoms with van der Waals surface area (Å²) in [5.74, 6) is 0.400. The number of hydrogen-bond donors (Lipinski definition) is 0. The molecule has 0 radical (unpaired) electrons. The zero-order valence-electron chi connectivity index (χ0n) is 15.5. The van der Waals surface area contributed by atoms with Crippen molar-refractivity contribution in [2.75, 3.05) is 18.0 Å². The lowest BCUT2D eigenvalue weighted by Gasteiger charge is -2.15. The summed E-state index contributed by atoms with van der Waals surface area (Å²) >= 11 is 0. The molecule has 0 aliphatic carbocycles. The summed E-state index contributed by atoms with van der Waals surface area (Å²) in [5, 5.41) is 5.43. The van der Waals surface area contributed by atoms with E-state index in [2.05, 4.69) is 20.1 Å². The molecule has 3 aromatic heterocycles. The monoisotopic (exact) mass is 388 g/mol. The summed E-state index contributed by atoms with van der Waals surface area (Å²) in [6.07, 6.45) is 5.65. The van der Waals surface area contributed by atoms with Gasteiger partial charge in [-0.2, -0.15) is 5.10 Å². The van der Waals surface area contributed by atoms with Crippen molar-refractivity contribution >= 4 is 22.5 Å². The first kappa shape index (κ1) is 17.4. The molecule has 7 nitrogen and oxygen atoms in total. The highest BCUT2D eigenvalue weighted by Gasteiger charge is 2.21. The van der Waals surface area contributed by atoms with Gasteiger partial charge in [0, 0.05) is 24.7 Å². The molecule has 1 fully saturated rings. The molecule has 29 heavy (non-hydrogen) atoms. The zero-order chi connectivity index (χ0) is 19.8. The van der Waals surface area contributed by atoms with Crippen LogP contribution in [0.3, 0.4) is 0 Å². The molecule has 1 aliphatic rings. The normalized spacial score (nSPS) is 14.1. The molecule has 8 heteroatoms. The number of carbonyl (C=O) groups is 1. The third-order valence-corrected chi connectivity index (χ3v) is 5.03. The second-order valence-corrected chi connectivity index (χ2v) is 6.95. The van der Waals surface area contributed by atoms with E-state index in [0.29, 0.717) is 42.2 Å². The van der Waals surface area contributed by atoms with E-state index >= 15 is 0 Å². The van der Waals surface area contributed by atoms with Gasteiger partial charge in [-0.25, -0.2) is 24.0 Å². The first-order valence-electron chi connectivity index (χ1n) is 9.33. The van der Waals surface area contributed by atoms with Crippen molar-refractivity contribution in [3.63, 3.8) is 0 Å². The molecule has 1 aliphatic heterocycles. The van der Waals surface area contributed by atoms with Gasteiger partial charge in [0.1, 0.15) is 11.5 Å². The van der Waals surface area contributed by atoms with E-state index in [1.807, 2.05) is 17.0 Å². The molecule has 1 saturated heterocycles. The van der Waals surface area contributed by atoms with Crippen LogP contribution in [0.15, 0.2) is 55.0 Å². The summed E-state index contributed by atoms with van der Waals surface area (Å²) in [6.45, 7) is 1.34. The number of benzene rings is 1. The Morgan fingerprint density at radius 2 is 1.86 bits per heavy atom. The Morgan fingerprint density at radius 1 is 1.03 bits per heavy atom. The van der Waals surface area contributed by atoms with Crippen LogP contribution in [0, 0.1) is 5.82 Å². The van der Waals surface area contributed by atoms with Crippen molar-refractivity contribution in [2.24, 2.45) is 0 Å². The minimum absolute atomic E-state index is 0.220. The van der Waals surface area contributed by atoms with Gasteiger partial charge >= 0.3 is 0 Å². The Balaban J connectivity index is 1.52. The van der Waals surface area contributed by atoms with Crippen molar-refractivity contribution in [2.45, 2.75) is 13.0 Å². The second-order valence-electron chi connectivity index (χ2n) is 6.95. The number of aromatic nitrogens is 5. The number of rotatable bonds is 4. The van der Waals surface area contributed by atoms with Gasteiger partial charge in [-0.1, -0.05) is 18.2 Å².